The average Bonchev–Trinajstić information content (AvgIpc) is 2.68. The third kappa shape index (κ3) is 15.3. The minimum absolute atomic E-state index is 1.11. The van der Waals surface area contributed by atoms with E-state index in [1.54, 1.807) is 0 Å². The zero-order chi connectivity index (χ0) is 18.5. The van der Waals surface area contributed by atoms with Gasteiger partial charge in [0.15, 0.2) is 0 Å². The molecular weight excluding hydrogens is 314 g/mol. The molecule has 0 heterocycles. The molecule has 26 heavy (non-hydrogen) atoms. The molecule has 2 radical (unpaired) electrons. The largest absolute Gasteiger partial charge is 0.380 e. The van der Waals surface area contributed by atoms with E-state index in [9.17, 15) is 0 Å². The molecule has 0 aliphatic heterocycles. The van der Waals surface area contributed by atoms with Crippen LogP contribution in [0.15, 0.2) is 30.3 Å². The Bertz CT molecular complexity index is 373. The van der Waals surface area contributed by atoms with Crippen LogP contribution in [0.4, 0.5) is 5.69 Å². The van der Waals surface area contributed by atoms with Crippen LogP contribution >= 0.6 is 0 Å². The van der Waals surface area contributed by atoms with Crippen molar-refractivity contribution in [3.8, 4) is 0 Å². The van der Waals surface area contributed by atoms with Gasteiger partial charge in [-0.2, -0.15) is 0 Å². The number of hydrogen-bond acceptors (Lipinski definition) is 1. The van der Waals surface area contributed by atoms with E-state index in [0.29, 0.717) is 0 Å². The lowest BCUT2D eigenvalue weighted by Crippen LogP contribution is -1.94. The van der Waals surface area contributed by atoms with Gasteiger partial charge < -0.3 is 5.32 Å². The molecule has 0 bridgehead atoms. The number of unbranched alkanes of at least 4 members (excludes halogenated alkanes) is 16. The van der Waals surface area contributed by atoms with Gasteiger partial charge >= 0.3 is 0 Å². The fourth-order valence-electron chi connectivity index (χ4n) is 3.45. The summed E-state index contributed by atoms with van der Waals surface area (Å²) in [5.74, 6) is 0. The summed E-state index contributed by atoms with van der Waals surface area (Å²) in [7, 11) is 0. The number of anilines is 1. The number of benzene rings is 1. The summed E-state index contributed by atoms with van der Waals surface area (Å²) in [5, 5.41) is 3.37. The molecule has 0 aliphatic carbocycles. The van der Waals surface area contributed by atoms with E-state index in [2.05, 4.69) is 49.1 Å². The molecule has 0 spiro atoms. The Labute approximate surface area is 164 Å². The molecule has 0 atom stereocenters. The first-order chi connectivity index (χ1) is 12.9. The molecule has 0 aromatic heterocycles. The Morgan fingerprint density at radius 2 is 1.00 bits per heavy atom. The van der Waals surface area contributed by atoms with Gasteiger partial charge in [-0.05, 0) is 18.6 Å². The summed E-state index contributed by atoms with van der Waals surface area (Å²) in [6, 6.07) is 10.4. The van der Waals surface area contributed by atoms with E-state index in [1.165, 1.54) is 108 Å². The quantitative estimate of drug-likeness (QED) is 0.244. The van der Waals surface area contributed by atoms with Gasteiger partial charge in [0.1, 0.15) is 0 Å². The summed E-state index contributed by atoms with van der Waals surface area (Å²) in [5.41, 5.74) is 1.20. The van der Waals surface area contributed by atoms with Crippen LogP contribution in [0.25, 0.3) is 0 Å². The molecule has 0 saturated carbocycles. The minimum Gasteiger partial charge on any atom is -0.380 e. The second kappa shape index (κ2) is 18.8. The molecule has 1 nitrogen and oxygen atoms in total. The maximum Gasteiger partial charge on any atom is 0.0462 e. The maximum atomic E-state index is 3.90. The summed E-state index contributed by atoms with van der Waals surface area (Å²) in [6.45, 7) is 6.11. The van der Waals surface area contributed by atoms with Gasteiger partial charge in [0.2, 0.25) is 0 Å². The van der Waals surface area contributed by atoms with Gasteiger partial charge in [-0.1, -0.05) is 128 Å². The second-order valence-corrected chi connectivity index (χ2v) is 7.66. The van der Waals surface area contributed by atoms with Crippen molar-refractivity contribution in [1.29, 1.82) is 0 Å². The standard InChI is InChI=1S/C25H43N/c1-2-3-4-5-6-7-8-9-10-11-12-13-14-15-16-17-21-24-26-25-22-19-18-20-23-25/h18-20,22-24,26H,1-17,21H2. The highest BCUT2D eigenvalue weighted by molar-refractivity contribution is 5.43. The molecular formula is C25H43N. The van der Waals surface area contributed by atoms with E-state index in [1.807, 2.05) is 0 Å². The normalized spacial score (nSPS) is 11.0. The highest BCUT2D eigenvalue weighted by atomic mass is 14.9. The SMILES string of the molecule is [CH2]CCCCCCCCCCCCCCCCC[CH]Nc1ccccc1. The van der Waals surface area contributed by atoms with Crippen LogP contribution in [0.3, 0.4) is 0 Å². The van der Waals surface area contributed by atoms with E-state index in [-0.39, 0.29) is 0 Å². The molecule has 0 saturated heterocycles. The van der Waals surface area contributed by atoms with Crippen LogP contribution in [0.1, 0.15) is 109 Å². The zero-order valence-corrected chi connectivity index (χ0v) is 17.2. The van der Waals surface area contributed by atoms with Crippen LogP contribution in [0.2, 0.25) is 0 Å². The maximum absolute atomic E-state index is 3.90. The summed E-state index contributed by atoms with van der Waals surface area (Å²) in [6.07, 6.45) is 23.6. The van der Waals surface area contributed by atoms with Crippen LogP contribution < -0.4 is 5.32 Å². The van der Waals surface area contributed by atoms with E-state index in [0.717, 1.165) is 6.42 Å². The molecule has 0 fully saturated rings. The predicted molar refractivity (Wildman–Crippen MR) is 118 cm³/mol. The van der Waals surface area contributed by atoms with Gasteiger partial charge in [0.05, 0.1) is 0 Å². The lowest BCUT2D eigenvalue weighted by molar-refractivity contribution is 0.530. The number of rotatable bonds is 19. The number of para-hydroxylation sites is 1. The van der Waals surface area contributed by atoms with Crippen molar-refractivity contribution in [1.82, 2.24) is 0 Å². The minimum atomic E-state index is 1.11. The molecule has 1 rings (SSSR count). The van der Waals surface area contributed by atoms with Crippen molar-refractivity contribution in [3.63, 3.8) is 0 Å². The molecule has 0 aliphatic rings. The molecule has 1 N–H and O–H groups in total. The third-order valence-corrected chi connectivity index (χ3v) is 5.14. The second-order valence-electron chi connectivity index (χ2n) is 7.66. The highest BCUT2D eigenvalue weighted by Gasteiger charge is 1.95. The first kappa shape index (κ1) is 23.1. The fourth-order valence-corrected chi connectivity index (χ4v) is 3.45. The van der Waals surface area contributed by atoms with Crippen molar-refractivity contribution in [3.05, 3.63) is 43.8 Å². The van der Waals surface area contributed by atoms with Crippen molar-refractivity contribution in [2.45, 2.75) is 109 Å². The molecule has 0 amide bonds. The van der Waals surface area contributed by atoms with Crippen molar-refractivity contribution < 1.29 is 0 Å². The lowest BCUT2D eigenvalue weighted by Gasteiger charge is -2.05. The van der Waals surface area contributed by atoms with Crippen molar-refractivity contribution >= 4 is 5.69 Å². The van der Waals surface area contributed by atoms with Crippen LogP contribution in [0, 0.1) is 13.5 Å². The van der Waals surface area contributed by atoms with Gasteiger partial charge in [-0.25, -0.2) is 0 Å². The fraction of sp³-hybridized carbons (Fsp3) is 0.680. The van der Waals surface area contributed by atoms with Gasteiger partial charge in [0.25, 0.3) is 0 Å². The number of nitrogens with one attached hydrogen (secondary N) is 1. The Kier molecular flexibility index (Phi) is 16.7. The number of hydrogen-bond donors (Lipinski definition) is 1. The van der Waals surface area contributed by atoms with Crippen LogP contribution in [-0.4, -0.2) is 0 Å². The summed E-state index contributed by atoms with van der Waals surface area (Å²) < 4.78 is 0. The lowest BCUT2D eigenvalue weighted by atomic mass is 10.0. The Hall–Kier alpha value is -0.980. The topological polar surface area (TPSA) is 12.0 Å². The van der Waals surface area contributed by atoms with E-state index in [4.69, 9.17) is 0 Å². The summed E-state index contributed by atoms with van der Waals surface area (Å²) >= 11 is 0. The zero-order valence-electron chi connectivity index (χ0n) is 17.2. The van der Waals surface area contributed by atoms with Gasteiger partial charge in [-0.3, -0.25) is 0 Å². The van der Waals surface area contributed by atoms with Crippen molar-refractivity contribution in [2.75, 3.05) is 5.32 Å². The van der Waals surface area contributed by atoms with E-state index >= 15 is 0 Å². The first-order valence-electron chi connectivity index (χ1n) is 11.4. The van der Waals surface area contributed by atoms with Crippen LogP contribution in [0.5, 0.6) is 0 Å². The van der Waals surface area contributed by atoms with Gasteiger partial charge in [-0.15, -0.1) is 0 Å². The third-order valence-electron chi connectivity index (χ3n) is 5.14. The smallest absolute Gasteiger partial charge is 0.0462 e. The molecule has 148 valence electrons. The molecule has 1 heteroatoms. The monoisotopic (exact) mass is 357 g/mol. The Morgan fingerprint density at radius 1 is 0.577 bits per heavy atom. The summed E-state index contributed by atoms with van der Waals surface area (Å²) in [4.78, 5) is 0. The van der Waals surface area contributed by atoms with Crippen LogP contribution in [-0.2, 0) is 0 Å². The Morgan fingerprint density at radius 3 is 1.46 bits per heavy atom. The van der Waals surface area contributed by atoms with Gasteiger partial charge in [0, 0.05) is 12.2 Å². The predicted octanol–water partition coefficient (Wildman–Crippen LogP) is 8.73. The van der Waals surface area contributed by atoms with Crippen molar-refractivity contribution in [2.24, 2.45) is 0 Å². The molecule has 0 unspecified atom stereocenters. The molecule has 1 aromatic rings. The Balaban J connectivity index is 1.68. The highest BCUT2D eigenvalue weighted by Crippen LogP contribution is 2.14. The molecule has 1 aromatic carbocycles. The first-order valence-corrected chi connectivity index (χ1v) is 11.4. The van der Waals surface area contributed by atoms with E-state index < -0.39 is 0 Å². The average molecular weight is 358 g/mol.